The Morgan fingerprint density at radius 2 is 2.20 bits per heavy atom. The fourth-order valence-corrected chi connectivity index (χ4v) is 2.01. The molecule has 1 aliphatic heterocycles. The number of ether oxygens (including phenoxy) is 1. The van der Waals surface area contributed by atoms with Crippen molar-refractivity contribution in [3.63, 3.8) is 0 Å². The minimum absolute atomic E-state index is 0.00625. The van der Waals surface area contributed by atoms with Gasteiger partial charge in [-0.05, 0) is 18.4 Å². The number of carbonyl (C=O) groups excluding carboxylic acids is 1. The van der Waals surface area contributed by atoms with E-state index in [0.717, 1.165) is 10.5 Å². The average molecular weight is 223 g/mol. The summed E-state index contributed by atoms with van der Waals surface area (Å²) in [4.78, 5) is 12.9. The first kappa shape index (κ1) is 10.5. The lowest BCUT2D eigenvalue weighted by molar-refractivity contribution is -0.00351. The molecule has 0 aromatic heterocycles. The van der Waals surface area contributed by atoms with E-state index in [-0.39, 0.29) is 11.9 Å². The number of hydrogen-bond donors (Lipinski definition) is 1. The lowest BCUT2D eigenvalue weighted by atomic mass is 10.2. The van der Waals surface area contributed by atoms with Gasteiger partial charge >= 0.3 is 0 Å². The van der Waals surface area contributed by atoms with E-state index in [1.807, 2.05) is 30.5 Å². The van der Waals surface area contributed by atoms with Gasteiger partial charge in [-0.15, -0.1) is 11.8 Å². The Hall–Kier alpha value is -1.00. The molecule has 1 aromatic rings. The minimum atomic E-state index is -0.00625. The minimum Gasteiger partial charge on any atom is -0.377 e. The topological polar surface area (TPSA) is 38.3 Å². The van der Waals surface area contributed by atoms with Crippen LogP contribution in [0.4, 0.5) is 0 Å². The van der Waals surface area contributed by atoms with Crippen molar-refractivity contribution >= 4 is 17.7 Å². The summed E-state index contributed by atoms with van der Waals surface area (Å²) in [5.41, 5.74) is 0.747. The van der Waals surface area contributed by atoms with Crippen LogP contribution >= 0.6 is 11.8 Å². The zero-order valence-corrected chi connectivity index (χ0v) is 9.34. The van der Waals surface area contributed by atoms with E-state index in [1.54, 1.807) is 11.8 Å². The predicted octanol–water partition coefficient (Wildman–Crippen LogP) is 1.54. The Morgan fingerprint density at radius 1 is 1.47 bits per heavy atom. The number of benzene rings is 1. The summed E-state index contributed by atoms with van der Waals surface area (Å²) in [6, 6.07) is 7.81. The second-order valence-electron chi connectivity index (χ2n) is 3.41. The monoisotopic (exact) mass is 223 g/mol. The smallest absolute Gasteiger partial charge is 0.252 e. The Morgan fingerprint density at radius 3 is 2.80 bits per heavy atom. The molecule has 1 saturated heterocycles. The van der Waals surface area contributed by atoms with E-state index in [9.17, 15) is 4.79 Å². The number of nitrogens with one attached hydrogen (secondary N) is 1. The highest BCUT2D eigenvalue weighted by atomic mass is 32.2. The third-order valence-electron chi connectivity index (χ3n) is 2.32. The van der Waals surface area contributed by atoms with Gasteiger partial charge in [-0.3, -0.25) is 4.79 Å². The molecule has 0 radical (unpaired) electrons. The van der Waals surface area contributed by atoms with E-state index in [1.165, 1.54) is 0 Å². The summed E-state index contributed by atoms with van der Waals surface area (Å²) in [5, 5.41) is 2.93. The summed E-state index contributed by atoms with van der Waals surface area (Å²) in [7, 11) is 0. The number of amides is 1. The molecule has 0 unspecified atom stereocenters. The van der Waals surface area contributed by atoms with Gasteiger partial charge in [-0.25, -0.2) is 0 Å². The van der Waals surface area contributed by atoms with Gasteiger partial charge in [0.1, 0.15) is 0 Å². The molecule has 4 heteroatoms. The third kappa shape index (κ3) is 2.33. The second kappa shape index (κ2) is 4.68. The van der Waals surface area contributed by atoms with Crippen LogP contribution in [-0.4, -0.2) is 31.4 Å². The molecule has 1 N–H and O–H groups in total. The Labute approximate surface area is 93.2 Å². The molecular formula is C11H13NO2S. The highest BCUT2D eigenvalue weighted by molar-refractivity contribution is 7.98. The van der Waals surface area contributed by atoms with Gasteiger partial charge in [0, 0.05) is 4.90 Å². The highest BCUT2D eigenvalue weighted by Gasteiger charge is 2.21. The summed E-state index contributed by atoms with van der Waals surface area (Å²) >= 11 is 1.58. The summed E-state index contributed by atoms with van der Waals surface area (Å²) in [6.45, 7) is 1.26. The molecule has 1 amide bonds. The Bertz CT molecular complexity index is 363. The summed E-state index contributed by atoms with van der Waals surface area (Å²) < 4.78 is 5.01. The molecule has 1 fully saturated rings. The van der Waals surface area contributed by atoms with E-state index in [2.05, 4.69) is 5.32 Å². The number of thioether (sulfide) groups is 1. The first-order valence-corrected chi connectivity index (χ1v) is 6.05. The van der Waals surface area contributed by atoms with Crippen LogP contribution in [0.3, 0.4) is 0 Å². The summed E-state index contributed by atoms with van der Waals surface area (Å²) in [6.07, 6.45) is 1.97. The molecule has 1 heterocycles. The van der Waals surface area contributed by atoms with Crippen molar-refractivity contribution in [3.8, 4) is 0 Å². The Balaban J connectivity index is 2.09. The third-order valence-corrected chi connectivity index (χ3v) is 3.12. The van der Waals surface area contributed by atoms with Crippen molar-refractivity contribution in [2.75, 3.05) is 19.5 Å². The first-order chi connectivity index (χ1) is 7.31. The molecule has 0 spiro atoms. The van der Waals surface area contributed by atoms with Crippen LogP contribution in [0.25, 0.3) is 0 Å². The normalized spacial score (nSPS) is 15.8. The van der Waals surface area contributed by atoms with Crippen LogP contribution in [0.2, 0.25) is 0 Å². The molecule has 80 valence electrons. The molecule has 3 nitrogen and oxygen atoms in total. The fourth-order valence-electron chi connectivity index (χ4n) is 1.41. The van der Waals surface area contributed by atoms with E-state index >= 15 is 0 Å². The van der Waals surface area contributed by atoms with Crippen molar-refractivity contribution in [1.82, 2.24) is 5.32 Å². The van der Waals surface area contributed by atoms with E-state index < -0.39 is 0 Å². The van der Waals surface area contributed by atoms with Gasteiger partial charge in [0.25, 0.3) is 5.91 Å². The number of rotatable bonds is 3. The van der Waals surface area contributed by atoms with E-state index in [4.69, 9.17) is 4.74 Å². The lowest BCUT2D eigenvalue weighted by Crippen LogP contribution is -2.48. The Kier molecular flexibility index (Phi) is 3.28. The van der Waals surface area contributed by atoms with Gasteiger partial charge in [0.2, 0.25) is 0 Å². The van der Waals surface area contributed by atoms with Gasteiger partial charge in [0.05, 0.1) is 24.8 Å². The molecule has 0 aliphatic carbocycles. The molecule has 0 saturated carbocycles. The number of carbonyl (C=O) groups is 1. The highest BCUT2D eigenvalue weighted by Crippen LogP contribution is 2.19. The van der Waals surface area contributed by atoms with Gasteiger partial charge in [-0.2, -0.15) is 0 Å². The maximum atomic E-state index is 11.8. The largest absolute Gasteiger partial charge is 0.377 e. The predicted molar refractivity (Wildman–Crippen MR) is 60.3 cm³/mol. The van der Waals surface area contributed by atoms with Crippen LogP contribution < -0.4 is 5.32 Å². The van der Waals surface area contributed by atoms with Gasteiger partial charge in [0.15, 0.2) is 0 Å². The van der Waals surface area contributed by atoms with Crippen molar-refractivity contribution < 1.29 is 9.53 Å². The fraction of sp³-hybridized carbons (Fsp3) is 0.364. The van der Waals surface area contributed by atoms with Crippen molar-refractivity contribution in [1.29, 1.82) is 0 Å². The number of hydrogen-bond acceptors (Lipinski definition) is 3. The maximum Gasteiger partial charge on any atom is 0.252 e. The summed E-state index contributed by atoms with van der Waals surface area (Å²) in [5.74, 6) is -0.00625. The van der Waals surface area contributed by atoms with Gasteiger partial charge in [-0.1, -0.05) is 12.1 Å². The van der Waals surface area contributed by atoms with Crippen LogP contribution in [0.5, 0.6) is 0 Å². The van der Waals surface area contributed by atoms with Crippen molar-refractivity contribution in [2.24, 2.45) is 0 Å². The van der Waals surface area contributed by atoms with Crippen LogP contribution in [-0.2, 0) is 4.74 Å². The first-order valence-electron chi connectivity index (χ1n) is 4.83. The standard InChI is InChI=1S/C11H13NO2S/c1-15-10-5-3-2-4-9(10)11(13)12-8-6-14-7-8/h2-5,8H,6-7H2,1H3,(H,12,13). The quantitative estimate of drug-likeness (QED) is 0.790. The van der Waals surface area contributed by atoms with Crippen molar-refractivity contribution in [3.05, 3.63) is 29.8 Å². The van der Waals surface area contributed by atoms with E-state index in [0.29, 0.717) is 13.2 Å². The van der Waals surface area contributed by atoms with Crippen LogP contribution in [0.15, 0.2) is 29.2 Å². The molecule has 0 atom stereocenters. The molecule has 0 bridgehead atoms. The maximum absolute atomic E-state index is 11.8. The zero-order valence-electron chi connectivity index (χ0n) is 8.53. The lowest BCUT2D eigenvalue weighted by Gasteiger charge is -2.27. The molecule has 1 aliphatic rings. The SMILES string of the molecule is CSc1ccccc1C(=O)NC1COC1. The molecule has 2 rings (SSSR count). The van der Waals surface area contributed by atoms with Crippen molar-refractivity contribution in [2.45, 2.75) is 10.9 Å². The van der Waals surface area contributed by atoms with Gasteiger partial charge < -0.3 is 10.1 Å². The average Bonchev–Trinajstić information content (AvgIpc) is 2.23. The van der Waals surface area contributed by atoms with Crippen LogP contribution in [0.1, 0.15) is 10.4 Å². The second-order valence-corrected chi connectivity index (χ2v) is 4.26. The molecule has 15 heavy (non-hydrogen) atoms. The van der Waals surface area contributed by atoms with Crippen LogP contribution in [0, 0.1) is 0 Å². The molecular weight excluding hydrogens is 210 g/mol. The zero-order chi connectivity index (χ0) is 10.7. The molecule has 1 aromatic carbocycles.